The van der Waals surface area contributed by atoms with E-state index in [4.69, 9.17) is 22.1 Å². The van der Waals surface area contributed by atoms with Crippen LogP contribution in [0.15, 0.2) is 6.33 Å². The number of rotatable bonds is 10. The van der Waals surface area contributed by atoms with E-state index in [1.165, 1.54) is 10.9 Å². The van der Waals surface area contributed by atoms with E-state index < -0.39 is 29.7 Å². The summed E-state index contributed by atoms with van der Waals surface area (Å²) in [4.78, 5) is 48.0. The number of nitrogen functional groups attached to an aromatic ring is 1. The molecule has 29 heavy (non-hydrogen) atoms. The second kappa shape index (κ2) is 9.03. The third-order valence-electron chi connectivity index (χ3n) is 4.85. The Morgan fingerprint density at radius 1 is 1.24 bits per heavy atom. The number of carboxylic acid groups (broad SMARTS) is 2. The molecule has 0 amide bonds. The van der Waals surface area contributed by atoms with Gasteiger partial charge in [0.15, 0.2) is 10.8 Å². The monoisotopic (exact) mass is 427 g/mol. The maximum Gasteiger partial charge on any atom is 0.335 e. The lowest BCUT2D eigenvalue weighted by atomic mass is 9.84. The molecule has 2 aromatic heterocycles. The van der Waals surface area contributed by atoms with E-state index in [2.05, 4.69) is 15.0 Å². The van der Waals surface area contributed by atoms with Gasteiger partial charge in [0.1, 0.15) is 5.52 Å². The zero-order valence-corrected chi connectivity index (χ0v) is 16.7. The fourth-order valence-electron chi connectivity index (χ4n) is 2.80. The first-order valence-electron chi connectivity index (χ1n) is 8.95. The minimum Gasteiger partial charge on any atom is -0.480 e. The van der Waals surface area contributed by atoms with E-state index in [9.17, 15) is 24.6 Å². The maximum atomic E-state index is 12.5. The lowest BCUT2D eigenvalue weighted by Gasteiger charge is -2.24. The lowest BCUT2D eigenvalue weighted by Crippen LogP contribution is -2.48. The normalized spacial score (nSPS) is 11.7. The van der Waals surface area contributed by atoms with Gasteiger partial charge in [-0.3, -0.25) is 14.4 Å². The fourth-order valence-corrected chi connectivity index (χ4v) is 3.02. The van der Waals surface area contributed by atoms with E-state index in [0.29, 0.717) is 12.8 Å². The fraction of sp³-hybridized carbons (Fsp3) is 0.529. The Morgan fingerprint density at radius 2 is 1.86 bits per heavy atom. The van der Waals surface area contributed by atoms with Crippen LogP contribution < -0.4 is 5.73 Å². The molecular weight excluding hydrogens is 406 g/mol. The van der Waals surface area contributed by atoms with Crippen LogP contribution in [0, 0.1) is 11.3 Å². The number of halogens is 1. The van der Waals surface area contributed by atoms with Gasteiger partial charge in [0.05, 0.1) is 12.9 Å². The van der Waals surface area contributed by atoms with E-state index >= 15 is 0 Å². The van der Waals surface area contributed by atoms with Gasteiger partial charge in [-0.05, 0) is 5.92 Å². The van der Waals surface area contributed by atoms with Crippen molar-refractivity contribution < 1.29 is 29.3 Å². The number of aliphatic carboxylic acids is 2. The zero-order chi connectivity index (χ0) is 21.8. The number of nitrogens with two attached hydrogens (primary N) is 1. The van der Waals surface area contributed by atoms with Crippen molar-refractivity contribution >= 4 is 46.6 Å². The molecule has 4 N–H and O–H groups in total. The number of hydrogen-bond donors (Lipinski definition) is 3. The quantitative estimate of drug-likeness (QED) is 0.287. The molecule has 11 nitrogen and oxygen atoms in total. The van der Waals surface area contributed by atoms with Crippen molar-refractivity contribution in [3.05, 3.63) is 11.5 Å². The molecule has 0 aliphatic carbocycles. The lowest BCUT2D eigenvalue weighted by molar-refractivity contribution is -0.180. The second-order valence-electron chi connectivity index (χ2n) is 6.53. The third-order valence-corrected chi connectivity index (χ3v) is 5.11. The summed E-state index contributed by atoms with van der Waals surface area (Å²) < 4.78 is 6.43. The minimum absolute atomic E-state index is 0.00133. The van der Waals surface area contributed by atoms with Gasteiger partial charge in [-0.25, -0.2) is 4.98 Å². The summed E-state index contributed by atoms with van der Waals surface area (Å²) in [6.45, 7) is 3.53. The molecule has 0 saturated heterocycles. The number of nitrogens with zero attached hydrogens (tertiary/aromatic N) is 4. The molecule has 0 saturated carbocycles. The van der Waals surface area contributed by atoms with Crippen molar-refractivity contribution in [3.63, 3.8) is 0 Å². The third kappa shape index (κ3) is 4.39. The van der Waals surface area contributed by atoms with Crippen LogP contribution in [0.4, 0.5) is 5.95 Å². The summed E-state index contributed by atoms with van der Waals surface area (Å²) in [5.74, 6) is -5.05. The predicted octanol–water partition coefficient (Wildman–Crippen LogP) is 1.59. The molecule has 2 aromatic rings. The number of anilines is 1. The van der Waals surface area contributed by atoms with Crippen LogP contribution >= 0.6 is 11.6 Å². The number of fused-ring (bicyclic) bond motifs is 1. The highest BCUT2D eigenvalue weighted by atomic mass is 35.5. The summed E-state index contributed by atoms with van der Waals surface area (Å²) >= 11 is 5.95. The van der Waals surface area contributed by atoms with Crippen LogP contribution in [0.25, 0.3) is 11.2 Å². The molecule has 0 unspecified atom stereocenters. The first kappa shape index (κ1) is 22.3. The molecule has 0 spiro atoms. The number of esters is 1. The molecule has 0 atom stereocenters. The summed E-state index contributed by atoms with van der Waals surface area (Å²) in [7, 11) is 0. The first-order chi connectivity index (χ1) is 13.7. The highest BCUT2D eigenvalue weighted by molar-refractivity contribution is 6.33. The number of carbonyl (C=O) groups excluding carboxylic acids is 1. The number of carboxylic acids is 2. The number of carbonyl (C=O) groups is 3. The Bertz CT molecular complexity index is 912. The van der Waals surface area contributed by atoms with Crippen LogP contribution in [-0.2, 0) is 25.7 Å². The predicted molar refractivity (Wildman–Crippen MR) is 102 cm³/mol. The second-order valence-corrected chi connectivity index (χ2v) is 6.89. The molecule has 0 aliphatic rings. The van der Waals surface area contributed by atoms with Crippen LogP contribution in [0.3, 0.4) is 0 Å². The average molecular weight is 428 g/mol. The van der Waals surface area contributed by atoms with E-state index in [0.717, 1.165) is 0 Å². The van der Waals surface area contributed by atoms with Crippen molar-refractivity contribution in [2.24, 2.45) is 11.3 Å². The Kier molecular flexibility index (Phi) is 6.96. The van der Waals surface area contributed by atoms with E-state index in [-0.39, 0.29) is 41.3 Å². The molecule has 2 heterocycles. The van der Waals surface area contributed by atoms with Crippen LogP contribution in [0.1, 0.15) is 33.1 Å². The zero-order valence-electron chi connectivity index (χ0n) is 16.0. The van der Waals surface area contributed by atoms with Crippen molar-refractivity contribution in [1.82, 2.24) is 19.5 Å². The number of hydrogen-bond acceptors (Lipinski definition) is 8. The van der Waals surface area contributed by atoms with Crippen LogP contribution in [0.5, 0.6) is 0 Å². The first-order valence-corrected chi connectivity index (χ1v) is 9.32. The minimum atomic E-state index is -2.77. The number of imidazole rings is 1. The molecular formula is C17H22ClN5O6. The van der Waals surface area contributed by atoms with Crippen LogP contribution in [-0.4, -0.2) is 54.2 Å². The van der Waals surface area contributed by atoms with Gasteiger partial charge in [0.25, 0.3) is 5.41 Å². The van der Waals surface area contributed by atoms with E-state index in [1.54, 1.807) is 0 Å². The molecule has 0 aromatic carbocycles. The Balaban J connectivity index is 2.31. The average Bonchev–Trinajstić information content (AvgIpc) is 3.05. The largest absolute Gasteiger partial charge is 0.480 e. The van der Waals surface area contributed by atoms with Crippen LogP contribution in [0.2, 0.25) is 5.15 Å². The summed E-state index contributed by atoms with van der Waals surface area (Å²) in [5, 5.41) is 19.2. The molecule has 0 radical (unpaired) electrons. The van der Waals surface area contributed by atoms with Gasteiger partial charge in [-0.2, -0.15) is 9.97 Å². The highest BCUT2D eigenvalue weighted by Gasteiger charge is 2.55. The van der Waals surface area contributed by atoms with Gasteiger partial charge in [-0.1, -0.05) is 38.3 Å². The molecule has 12 heteroatoms. The van der Waals surface area contributed by atoms with Gasteiger partial charge < -0.3 is 25.3 Å². The van der Waals surface area contributed by atoms with Crippen molar-refractivity contribution in [2.75, 3.05) is 12.3 Å². The standard InChI is InChI=1S/C17H22ClN5O6/c1-3-9(4-2)7-29-15(28)17(13(24)25,14(26)27)5-6-23-8-20-10-11(18)21-16(19)22-12(10)23/h8-9H,3-7H2,1-2H3,(H,24,25)(H,26,27)(H2,19,21,22). The molecule has 0 aliphatic heterocycles. The van der Waals surface area contributed by atoms with Gasteiger partial charge >= 0.3 is 17.9 Å². The highest BCUT2D eigenvalue weighted by Crippen LogP contribution is 2.28. The molecule has 2 rings (SSSR count). The summed E-state index contributed by atoms with van der Waals surface area (Å²) in [5.41, 5.74) is 3.20. The molecule has 0 bridgehead atoms. The molecule has 158 valence electrons. The Morgan fingerprint density at radius 3 is 2.41 bits per heavy atom. The number of aryl methyl sites for hydroxylation is 1. The van der Waals surface area contributed by atoms with E-state index in [1.807, 2.05) is 13.8 Å². The Labute approximate surface area is 170 Å². The summed E-state index contributed by atoms with van der Waals surface area (Å²) in [6, 6.07) is 0. The van der Waals surface area contributed by atoms with Gasteiger partial charge in [0.2, 0.25) is 5.95 Å². The van der Waals surface area contributed by atoms with Gasteiger partial charge in [0, 0.05) is 13.0 Å². The molecule has 0 fully saturated rings. The SMILES string of the molecule is CCC(CC)COC(=O)C(CCn1cnc2c(Cl)nc(N)nc21)(C(=O)O)C(=O)O. The van der Waals surface area contributed by atoms with Gasteiger partial charge in [-0.15, -0.1) is 0 Å². The maximum absolute atomic E-state index is 12.5. The van der Waals surface area contributed by atoms with Crippen molar-refractivity contribution in [2.45, 2.75) is 39.7 Å². The number of ether oxygens (including phenoxy) is 1. The smallest absolute Gasteiger partial charge is 0.335 e. The van der Waals surface area contributed by atoms with Crippen molar-refractivity contribution in [3.8, 4) is 0 Å². The Hall–Kier alpha value is -2.95. The topological polar surface area (TPSA) is 171 Å². The number of aromatic nitrogens is 4. The summed E-state index contributed by atoms with van der Waals surface area (Å²) in [6.07, 6.45) is 2.11. The van der Waals surface area contributed by atoms with Crippen molar-refractivity contribution in [1.29, 1.82) is 0 Å².